The summed E-state index contributed by atoms with van der Waals surface area (Å²) in [5, 5.41) is 0. The first kappa shape index (κ1) is 13.0. The second-order valence-electron chi connectivity index (χ2n) is 5.97. The highest BCUT2D eigenvalue weighted by molar-refractivity contribution is 9.10. The summed E-state index contributed by atoms with van der Waals surface area (Å²) in [5.41, 5.74) is 2.38. The number of hydrogen-bond donors (Lipinski definition) is 1. The van der Waals surface area contributed by atoms with E-state index in [9.17, 15) is 0 Å². The summed E-state index contributed by atoms with van der Waals surface area (Å²) in [6.07, 6.45) is 5.19. The van der Waals surface area contributed by atoms with Crippen molar-refractivity contribution in [3.05, 3.63) is 27.4 Å². The number of piperidine rings is 1. The molecule has 3 nitrogen and oxygen atoms in total. The average Bonchev–Trinajstić information content (AvgIpc) is 3.00. The van der Waals surface area contributed by atoms with Crippen LogP contribution in [0.2, 0.25) is 0 Å². The molecule has 2 aliphatic heterocycles. The van der Waals surface area contributed by atoms with Crippen LogP contribution in [-0.4, -0.2) is 33.6 Å². The number of hydrogen-bond acceptors (Lipinski definition) is 2. The van der Waals surface area contributed by atoms with Crippen molar-refractivity contribution in [2.75, 3.05) is 13.1 Å². The summed E-state index contributed by atoms with van der Waals surface area (Å²) in [6, 6.07) is 7.72. The van der Waals surface area contributed by atoms with Crippen LogP contribution in [0.3, 0.4) is 0 Å². The van der Waals surface area contributed by atoms with E-state index < -0.39 is 0 Å². The van der Waals surface area contributed by atoms with Crippen LogP contribution in [0.25, 0.3) is 11.0 Å². The van der Waals surface area contributed by atoms with Crippen LogP contribution < -0.4 is 0 Å². The zero-order valence-electron chi connectivity index (χ0n) is 11.3. The summed E-state index contributed by atoms with van der Waals surface area (Å²) in [5.74, 6) is 0. The molecule has 20 heavy (non-hydrogen) atoms. The van der Waals surface area contributed by atoms with Crippen LogP contribution in [0.5, 0.6) is 0 Å². The third-order valence-electron chi connectivity index (χ3n) is 4.84. The molecule has 0 radical (unpaired) electrons. The fourth-order valence-corrected chi connectivity index (χ4v) is 4.62. The Morgan fingerprint density at radius 3 is 3.00 bits per heavy atom. The smallest absolute Gasteiger partial charge is 0.178 e. The van der Waals surface area contributed by atoms with Crippen molar-refractivity contribution >= 4 is 39.2 Å². The van der Waals surface area contributed by atoms with Crippen molar-refractivity contribution in [1.29, 1.82) is 0 Å². The average molecular weight is 352 g/mol. The molecule has 2 aromatic rings. The van der Waals surface area contributed by atoms with Gasteiger partial charge in [0.05, 0.1) is 11.0 Å². The van der Waals surface area contributed by atoms with Gasteiger partial charge in [-0.25, -0.2) is 0 Å². The zero-order chi connectivity index (χ0) is 13.7. The molecule has 2 aliphatic rings. The Kier molecular flexibility index (Phi) is 3.24. The molecule has 1 aromatic carbocycles. The number of nitrogens with zero attached hydrogens (tertiary/aromatic N) is 2. The summed E-state index contributed by atoms with van der Waals surface area (Å²) in [6.45, 7) is 2.52. The number of rotatable bonds is 1. The van der Waals surface area contributed by atoms with E-state index in [1.807, 2.05) is 0 Å². The lowest BCUT2D eigenvalue weighted by molar-refractivity contribution is 0.156. The van der Waals surface area contributed by atoms with Crippen molar-refractivity contribution in [1.82, 2.24) is 14.5 Å². The maximum atomic E-state index is 5.58. The molecule has 0 saturated carbocycles. The molecule has 2 unspecified atom stereocenters. The standard InChI is InChI=1S/C15H18BrN3S/c16-10-3-4-14-13(8-10)17-15(20)19(14)12-5-7-18-6-1-2-11(18)9-12/h3-4,8,11-12H,1-2,5-7,9H2,(H,17,20). The number of nitrogens with one attached hydrogen (secondary N) is 1. The molecular formula is C15H18BrN3S. The van der Waals surface area contributed by atoms with Crippen molar-refractivity contribution < 1.29 is 0 Å². The minimum atomic E-state index is 0.553. The number of imidazole rings is 1. The third kappa shape index (κ3) is 2.07. The fraction of sp³-hybridized carbons (Fsp3) is 0.533. The highest BCUT2D eigenvalue weighted by Gasteiger charge is 2.33. The Labute approximate surface area is 132 Å². The fourth-order valence-electron chi connectivity index (χ4n) is 3.90. The molecule has 0 aliphatic carbocycles. The van der Waals surface area contributed by atoms with Gasteiger partial charge in [0.25, 0.3) is 0 Å². The molecule has 1 N–H and O–H groups in total. The van der Waals surface area contributed by atoms with Gasteiger partial charge in [-0.15, -0.1) is 0 Å². The maximum Gasteiger partial charge on any atom is 0.178 e. The summed E-state index contributed by atoms with van der Waals surface area (Å²) in [7, 11) is 0. The van der Waals surface area contributed by atoms with Crippen LogP contribution in [0.15, 0.2) is 22.7 Å². The van der Waals surface area contributed by atoms with Gasteiger partial charge < -0.3 is 14.5 Å². The molecule has 4 rings (SSSR count). The highest BCUT2D eigenvalue weighted by atomic mass is 79.9. The van der Waals surface area contributed by atoms with Gasteiger partial charge in [0.15, 0.2) is 4.77 Å². The minimum Gasteiger partial charge on any atom is -0.331 e. The Morgan fingerprint density at radius 2 is 2.10 bits per heavy atom. The largest absolute Gasteiger partial charge is 0.331 e. The normalized spacial score (nSPS) is 27.1. The third-order valence-corrected chi connectivity index (χ3v) is 5.63. The van der Waals surface area contributed by atoms with E-state index in [-0.39, 0.29) is 0 Å². The van der Waals surface area contributed by atoms with Gasteiger partial charge >= 0.3 is 0 Å². The van der Waals surface area contributed by atoms with Crippen LogP contribution in [0.1, 0.15) is 31.7 Å². The molecule has 3 heterocycles. The van der Waals surface area contributed by atoms with Crippen molar-refractivity contribution in [3.63, 3.8) is 0 Å². The van der Waals surface area contributed by atoms with Crippen LogP contribution in [-0.2, 0) is 0 Å². The van der Waals surface area contributed by atoms with E-state index in [0.717, 1.165) is 20.8 Å². The number of halogens is 1. The molecule has 2 atom stereocenters. The molecule has 0 amide bonds. The number of benzene rings is 1. The van der Waals surface area contributed by atoms with Crippen LogP contribution in [0, 0.1) is 4.77 Å². The summed E-state index contributed by atoms with van der Waals surface area (Å²) in [4.78, 5) is 6.02. The Bertz CT molecular complexity index is 705. The summed E-state index contributed by atoms with van der Waals surface area (Å²) >= 11 is 9.10. The van der Waals surface area contributed by atoms with Crippen LogP contribution >= 0.6 is 28.1 Å². The molecule has 0 spiro atoms. The van der Waals surface area contributed by atoms with Crippen molar-refractivity contribution in [3.8, 4) is 0 Å². The zero-order valence-corrected chi connectivity index (χ0v) is 13.7. The lowest BCUT2D eigenvalue weighted by Crippen LogP contribution is -2.38. The van der Waals surface area contributed by atoms with Gasteiger partial charge in [0, 0.05) is 23.1 Å². The first-order valence-electron chi connectivity index (χ1n) is 7.36. The number of aromatic nitrogens is 2. The predicted molar refractivity (Wildman–Crippen MR) is 87.7 cm³/mol. The van der Waals surface area contributed by atoms with Gasteiger partial charge in [-0.3, -0.25) is 0 Å². The molecular weight excluding hydrogens is 334 g/mol. The van der Waals surface area contributed by atoms with E-state index in [1.165, 1.54) is 44.3 Å². The second kappa shape index (κ2) is 4.97. The number of aromatic amines is 1. The van der Waals surface area contributed by atoms with E-state index in [0.29, 0.717) is 6.04 Å². The van der Waals surface area contributed by atoms with E-state index in [2.05, 4.69) is 48.6 Å². The van der Waals surface area contributed by atoms with E-state index in [1.54, 1.807) is 0 Å². The predicted octanol–water partition coefficient (Wildman–Crippen LogP) is 4.26. The SMILES string of the molecule is S=c1[nH]c2cc(Br)ccc2n1C1CCN2CCCC2C1. The Hall–Kier alpha value is -0.650. The topological polar surface area (TPSA) is 24.0 Å². The van der Waals surface area contributed by atoms with Crippen LogP contribution in [0.4, 0.5) is 0 Å². The molecule has 2 fully saturated rings. The number of fused-ring (bicyclic) bond motifs is 2. The quantitative estimate of drug-likeness (QED) is 0.776. The molecule has 0 bridgehead atoms. The molecule has 106 valence electrons. The first-order chi connectivity index (χ1) is 9.72. The second-order valence-corrected chi connectivity index (χ2v) is 7.27. The van der Waals surface area contributed by atoms with Gasteiger partial charge in [0.2, 0.25) is 0 Å². The Balaban J connectivity index is 1.74. The minimum absolute atomic E-state index is 0.553. The molecule has 2 saturated heterocycles. The van der Waals surface area contributed by atoms with Gasteiger partial charge in [-0.1, -0.05) is 15.9 Å². The van der Waals surface area contributed by atoms with Gasteiger partial charge in [0.1, 0.15) is 0 Å². The van der Waals surface area contributed by atoms with E-state index >= 15 is 0 Å². The Morgan fingerprint density at radius 1 is 1.20 bits per heavy atom. The molecule has 5 heteroatoms. The van der Waals surface area contributed by atoms with Crippen molar-refractivity contribution in [2.45, 2.75) is 37.8 Å². The van der Waals surface area contributed by atoms with Gasteiger partial charge in [-0.05, 0) is 62.6 Å². The van der Waals surface area contributed by atoms with E-state index in [4.69, 9.17) is 12.2 Å². The maximum absolute atomic E-state index is 5.58. The lowest BCUT2D eigenvalue weighted by Gasteiger charge is -2.35. The molecule has 1 aromatic heterocycles. The van der Waals surface area contributed by atoms with Crippen molar-refractivity contribution in [2.24, 2.45) is 0 Å². The number of H-pyrrole nitrogens is 1. The monoisotopic (exact) mass is 351 g/mol. The lowest BCUT2D eigenvalue weighted by atomic mass is 9.97. The van der Waals surface area contributed by atoms with Gasteiger partial charge in [-0.2, -0.15) is 0 Å². The highest BCUT2D eigenvalue weighted by Crippen LogP contribution is 2.35. The first-order valence-corrected chi connectivity index (χ1v) is 8.56. The summed E-state index contributed by atoms with van der Waals surface area (Å²) < 4.78 is 4.32.